The van der Waals surface area contributed by atoms with E-state index in [1.165, 1.54) is 0 Å². The van der Waals surface area contributed by atoms with E-state index in [-0.39, 0.29) is 0 Å². The summed E-state index contributed by atoms with van der Waals surface area (Å²) in [6.07, 6.45) is 1.79. The van der Waals surface area contributed by atoms with Crippen molar-refractivity contribution in [2.24, 2.45) is 0 Å². The molecule has 0 fully saturated rings. The van der Waals surface area contributed by atoms with Gasteiger partial charge in [-0.05, 0) is 12.1 Å². The number of thioether (sulfide) groups is 1. The molecule has 0 spiro atoms. The second-order valence-corrected chi connectivity index (χ2v) is 4.32. The van der Waals surface area contributed by atoms with E-state index in [4.69, 9.17) is 0 Å². The van der Waals surface area contributed by atoms with Gasteiger partial charge in [0.15, 0.2) is 0 Å². The Morgan fingerprint density at radius 3 is 2.92 bits per heavy atom. The molecule has 0 aromatic carbocycles. The van der Waals surface area contributed by atoms with Gasteiger partial charge in [0, 0.05) is 11.4 Å². The average Bonchev–Trinajstić information content (AvgIpc) is 2.05. The first-order valence-electron chi connectivity index (χ1n) is 4.05. The molecule has 0 radical (unpaired) electrons. The number of rotatable bonds is 4. The summed E-state index contributed by atoms with van der Waals surface area (Å²) >= 11 is 1.87. The van der Waals surface area contributed by atoms with E-state index in [0.29, 0.717) is 5.25 Å². The topological polar surface area (TPSA) is 24.9 Å². The van der Waals surface area contributed by atoms with Gasteiger partial charge in [0.1, 0.15) is 5.82 Å². The maximum Gasteiger partial charge on any atom is 0.126 e. The van der Waals surface area contributed by atoms with Crippen LogP contribution in [0.4, 0.5) is 5.82 Å². The van der Waals surface area contributed by atoms with Gasteiger partial charge in [0.2, 0.25) is 0 Å². The van der Waals surface area contributed by atoms with E-state index in [2.05, 4.69) is 24.1 Å². The first-order valence-corrected chi connectivity index (χ1v) is 5.10. The number of hydrogen-bond acceptors (Lipinski definition) is 3. The van der Waals surface area contributed by atoms with Gasteiger partial charge >= 0.3 is 0 Å². The number of nitrogens with zero attached hydrogens (tertiary/aromatic N) is 1. The molecule has 66 valence electrons. The van der Waals surface area contributed by atoms with Gasteiger partial charge < -0.3 is 5.32 Å². The summed E-state index contributed by atoms with van der Waals surface area (Å²) in [5, 5.41) is 3.90. The second kappa shape index (κ2) is 5.04. The van der Waals surface area contributed by atoms with Crippen molar-refractivity contribution in [3.8, 4) is 0 Å². The van der Waals surface area contributed by atoms with Gasteiger partial charge in [0.25, 0.3) is 0 Å². The van der Waals surface area contributed by atoms with Crippen LogP contribution < -0.4 is 5.32 Å². The molecule has 0 bridgehead atoms. The summed E-state index contributed by atoms with van der Waals surface area (Å²) in [5.41, 5.74) is 0. The van der Waals surface area contributed by atoms with Crippen molar-refractivity contribution >= 4 is 17.6 Å². The second-order valence-electron chi connectivity index (χ2n) is 2.75. The highest BCUT2D eigenvalue weighted by Crippen LogP contribution is 2.09. The molecular weight excluding hydrogens is 168 g/mol. The molecule has 0 aliphatic rings. The summed E-state index contributed by atoms with van der Waals surface area (Å²) in [6.45, 7) is 4.37. The van der Waals surface area contributed by atoms with Crippen LogP contribution in [0.25, 0.3) is 0 Å². The lowest BCUT2D eigenvalue weighted by atomic mass is 10.5. The maximum absolute atomic E-state index is 4.15. The summed E-state index contributed by atoms with van der Waals surface area (Å²) in [6, 6.07) is 5.87. The highest BCUT2D eigenvalue weighted by atomic mass is 32.2. The van der Waals surface area contributed by atoms with Gasteiger partial charge in [-0.2, -0.15) is 0 Å². The Labute approximate surface area is 77.8 Å². The summed E-state index contributed by atoms with van der Waals surface area (Å²) in [7, 11) is 0. The first-order chi connectivity index (χ1) is 5.79. The lowest BCUT2D eigenvalue weighted by molar-refractivity contribution is 1.11. The van der Waals surface area contributed by atoms with Gasteiger partial charge in [0.05, 0.1) is 5.88 Å². The van der Waals surface area contributed by atoms with E-state index >= 15 is 0 Å². The predicted molar refractivity (Wildman–Crippen MR) is 55.5 cm³/mol. The SMILES string of the molecule is CC(C)SCNc1ccccn1. The van der Waals surface area contributed by atoms with Crippen LogP contribution in [-0.2, 0) is 0 Å². The quantitative estimate of drug-likeness (QED) is 0.724. The Morgan fingerprint density at radius 1 is 1.50 bits per heavy atom. The first kappa shape index (κ1) is 9.39. The van der Waals surface area contributed by atoms with Crippen LogP contribution >= 0.6 is 11.8 Å². The molecule has 3 heteroatoms. The highest BCUT2D eigenvalue weighted by Gasteiger charge is 1.93. The van der Waals surface area contributed by atoms with Crippen molar-refractivity contribution in [2.45, 2.75) is 19.1 Å². The lowest BCUT2D eigenvalue weighted by Gasteiger charge is -2.06. The zero-order chi connectivity index (χ0) is 8.81. The molecule has 12 heavy (non-hydrogen) atoms. The molecule has 0 saturated carbocycles. The van der Waals surface area contributed by atoms with Crippen LogP contribution in [0, 0.1) is 0 Å². The van der Waals surface area contributed by atoms with Gasteiger partial charge in [-0.25, -0.2) is 4.98 Å². The largest absolute Gasteiger partial charge is 0.361 e. The highest BCUT2D eigenvalue weighted by molar-refractivity contribution is 7.99. The summed E-state index contributed by atoms with van der Waals surface area (Å²) < 4.78 is 0. The van der Waals surface area contributed by atoms with Crippen molar-refractivity contribution in [3.63, 3.8) is 0 Å². The molecule has 0 amide bonds. The molecular formula is C9H14N2S. The Kier molecular flexibility index (Phi) is 3.94. The molecule has 1 aromatic rings. The average molecular weight is 182 g/mol. The normalized spacial score (nSPS) is 10.2. The number of aromatic nitrogens is 1. The van der Waals surface area contributed by atoms with Crippen molar-refractivity contribution in [3.05, 3.63) is 24.4 Å². The Balaban J connectivity index is 2.25. The molecule has 0 aliphatic carbocycles. The number of hydrogen-bond donors (Lipinski definition) is 1. The third kappa shape index (κ3) is 3.62. The van der Waals surface area contributed by atoms with Crippen molar-refractivity contribution in [2.75, 3.05) is 11.2 Å². The van der Waals surface area contributed by atoms with Crippen molar-refractivity contribution in [1.29, 1.82) is 0 Å². The van der Waals surface area contributed by atoms with Gasteiger partial charge in [-0.1, -0.05) is 19.9 Å². The van der Waals surface area contributed by atoms with Crippen LogP contribution in [0.5, 0.6) is 0 Å². The van der Waals surface area contributed by atoms with E-state index in [1.807, 2.05) is 30.0 Å². The van der Waals surface area contributed by atoms with Crippen LogP contribution in [-0.4, -0.2) is 16.1 Å². The van der Waals surface area contributed by atoms with Gasteiger partial charge in [-0.15, -0.1) is 11.8 Å². The fourth-order valence-electron chi connectivity index (χ4n) is 0.750. The fraction of sp³-hybridized carbons (Fsp3) is 0.444. The molecule has 1 N–H and O–H groups in total. The van der Waals surface area contributed by atoms with Crippen LogP contribution in [0.3, 0.4) is 0 Å². The fourth-order valence-corrected chi connectivity index (χ4v) is 1.31. The Hall–Kier alpha value is -0.700. The minimum atomic E-state index is 0.668. The zero-order valence-electron chi connectivity index (χ0n) is 7.45. The van der Waals surface area contributed by atoms with Gasteiger partial charge in [-0.3, -0.25) is 0 Å². The smallest absolute Gasteiger partial charge is 0.126 e. The molecule has 1 heterocycles. The summed E-state index contributed by atoms with van der Waals surface area (Å²) in [5.74, 6) is 1.87. The van der Waals surface area contributed by atoms with E-state index in [0.717, 1.165) is 11.7 Å². The minimum Gasteiger partial charge on any atom is -0.361 e. The third-order valence-electron chi connectivity index (χ3n) is 1.33. The molecule has 0 aliphatic heterocycles. The predicted octanol–water partition coefficient (Wildman–Crippen LogP) is 2.59. The Morgan fingerprint density at radius 2 is 2.33 bits per heavy atom. The van der Waals surface area contributed by atoms with E-state index < -0.39 is 0 Å². The third-order valence-corrected chi connectivity index (χ3v) is 2.31. The standard InChI is InChI=1S/C9H14N2S/c1-8(2)12-7-11-9-5-3-4-6-10-9/h3-6,8H,7H2,1-2H3,(H,10,11). The lowest BCUT2D eigenvalue weighted by Crippen LogP contribution is -2.02. The molecule has 1 rings (SSSR count). The van der Waals surface area contributed by atoms with E-state index in [1.54, 1.807) is 6.20 Å². The number of pyridine rings is 1. The monoisotopic (exact) mass is 182 g/mol. The zero-order valence-corrected chi connectivity index (χ0v) is 8.27. The summed E-state index contributed by atoms with van der Waals surface area (Å²) in [4.78, 5) is 4.15. The Bertz CT molecular complexity index is 211. The maximum atomic E-state index is 4.15. The number of nitrogens with one attached hydrogen (secondary N) is 1. The molecule has 2 nitrogen and oxygen atoms in total. The molecule has 0 unspecified atom stereocenters. The van der Waals surface area contributed by atoms with Crippen LogP contribution in [0.1, 0.15) is 13.8 Å². The van der Waals surface area contributed by atoms with Crippen molar-refractivity contribution in [1.82, 2.24) is 4.98 Å². The minimum absolute atomic E-state index is 0.668. The molecule has 0 atom stereocenters. The molecule has 0 saturated heterocycles. The number of anilines is 1. The van der Waals surface area contributed by atoms with Crippen LogP contribution in [0.15, 0.2) is 24.4 Å². The van der Waals surface area contributed by atoms with E-state index in [9.17, 15) is 0 Å². The van der Waals surface area contributed by atoms with Crippen molar-refractivity contribution < 1.29 is 0 Å². The van der Waals surface area contributed by atoms with Crippen LogP contribution in [0.2, 0.25) is 0 Å². The molecule has 1 aromatic heterocycles.